The van der Waals surface area contributed by atoms with Crippen molar-refractivity contribution in [1.29, 1.82) is 0 Å². The van der Waals surface area contributed by atoms with Crippen LogP contribution in [0.3, 0.4) is 0 Å². The number of rotatable bonds is 5. The summed E-state index contributed by atoms with van der Waals surface area (Å²) in [5.41, 5.74) is 1.97. The minimum absolute atomic E-state index is 0.107. The first-order valence-electron chi connectivity index (χ1n) is 6.44. The fourth-order valence-electron chi connectivity index (χ4n) is 1.97. The zero-order chi connectivity index (χ0) is 12.8. The van der Waals surface area contributed by atoms with Gasteiger partial charge in [0.1, 0.15) is 0 Å². The van der Waals surface area contributed by atoms with Gasteiger partial charge < -0.3 is 15.4 Å². The van der Waals surface area contributed by atoms with Crippen LogP contribution < -0.4 is 10.6 Å². The highest BCUT2D eigenvalue weighted by atomic mass is 16.5. The van der Waals surface area contributed by atoms with Crippen LogP contribution in [0.15, 0.2) is 24.3 Å². The molecule has 1 fully saturated rings. The largest absolute Gasteiger partial charge is 0.384 e. The van der Waals surface area contributed by atoms with Crippen molar-refractivity contribution in [2.24, 2.45) is 0 Å². The van der Waals surface area contributed by atoms with Crippen molar-refractivity contribution in [1.82, 2.24) is 5.32 Å². The number of ether oxygens (including phenoxy) is 1. The lowest BCUT2D eigenvalue weighted by Gasteiger charge is -2.26. The van der Waals surface area contributed by atoms with E-state index in [9.17, 15) is 4.79 Å². The standard InChI is InChI=1S/C14H20N2O2/c1-18-10-9-11-5-2-3-8-13(11)16-14(17)15-12-6-4-7-12/h2-3,5,8,12H,4,6-7,9-10H2,1H3,(H2,15,16,17). The van der Waals surface area contributed by atoms with Crippen molar-refractivity contribution in [2.45, 2.75) is 31.7 Å². The predicted molar refractivity (Wildman–Crippen MR) is 71.8 cm³/mol. The topological polar surface area (TPSA) is 50.4 Å². The third-order valence-corrected chi connectivity index (χ3v) is 3.28. The average Bonchev–Trinajstić information content (AvgIpc) is 2.33. The number of nitrogens with one attached hydrogen (secondary N) is 2. The molecule has 18 heavy (non-hydrogen) atoms. The zero-order valence-electron chi connectivity index (χ0n) is 10.7. The molecule has 0 saturated heterocycles. The Kier molecular flexibility index (Phi) is 4.59. The number of methoxy groups -OCH3 is 1. The van der Waals surface area contributed by atoms with Gasteiger partial charge in [-0.1, -0.05) is 18.2 Å². The van der Waals surface area contributed by atoms with Crippen molar-refractivity contribution in [3.63, 3.8) is 0 Å². The van der Waals surface area contributed by atoms with Gasteiger partial charge in [-0.15, -0.1) is 0 Å². The first-order chi connectivity index (χ1) is 8.79. The van der Waals surface area contributed by atoms with E-state index in [1.165, 1.54) is 6.42 Å². The van der Waals surface area contributed by atoms with E-state index in [1.807, 2.05) is 24.3 Å². The number of benzene rings is 1. The van der Waals surface area contributed by atoms with Crippen LogP contribution in [-0.2, 0) is 11.2 Å². The van der Waals surface area contributed by atoms with E-state index in [0.29, 0.717) is 12.6 Å². The smallest absolute Gasteiger partial charge is 0.319 e. The van der Waals surface area contributed by atoms with Gasteiger partial charge in [0.2, 0.25) is 0 Å². The third-order valence-electron chi connectivity index (χ3n) is 3.28. The Labute approximate surface area is 108 Å². The molecule has 1 aromatic rings. The minimum Gasteiger partial charge on any atom is -0.384 e. The molecular formula is C14H20N2O2. The molecule has 2 amide bonds. The molecule has 0 radical (unpaired) electrons. The Morgan fingerprint density at radius 1 is 1.39 bits per heavy atom. The summed E-state index contributed by atoms with van der Waals surface area (Å²) in [7, 11) is 1.68. The van der Waals surface area contributed by atoms with E-state index in [4.69, 9.17) is 4.74 Å². The van der Waals surface area contributed by atoms with E-state index in [-0.39, 0.29) is 6.03 Å². The van der Waals surface area contributed by atoms with E-state index in [0.717, 1.165) is 30.5 Å². The van der Waals surface area contributed by atoms with E-state index < -0.39 is 0 Å². The van der Waals surface area contributed by atoms with Crippen molar-refractivity contribution in [3.05, 3.63) is 29.8 Å². The molecule has 0 aliphatic heterocycles. The zero-order valence-corrected chi connectivity index (χ0v) is 10.7. The fourth-order valence-corrected chi connectivity index (χ4v) is 1.97. The lowest BCUT2D eigenvalue weighted by atomic mass is 9.93. The van der Waals surface area contributed by atoms with Crippen LogP contribution in [0.25, 0.3) is 0 Å². The number of para-hydroxylation sites is 1. The number of carbonyl (C=O) groups is 1. The summed E-state index contributed by atoms with van der Waals surface area (Å²) < 4.78 is 5.07. The fraction of sp³-hybridized carbons (Fsp3) is 0.500. The number of hydrogen-bond acceptors (Lipinski definition) is 2. The second kappa shape index (κ2) is 6.40. The molecule has 1 saturated carbocycles. The number of anilines is 1. The molecule has 2 N–H and O–H groups in total. The highest BCUT2D eigenvalue weighted by molar-refractivity contribution is 5.90. The maximum atomic E-state index is 11.8. The Bertz CT molecular complexity index is 403. The van der Waals surface area contributed by atoms with Crippen molar-refractivity contribution in [3.8, 4) is 0 Å². The highest BCUT2D eigenvalue weighted by Crippen LogP contribution is 2.19. The molecule has 4 nitrogen and oxygen atoms in total. The molecule has 98 valence electrons. The Hall–Kier alpha value is -1.55. The Morgan fingerprint density at radius 3 is 2.83 bits per heavy atom. The Balaban J connectivity index is 1.92. The summed E-state index contributed by atoms with van der Waals surface area (Å²) in [5.74, 6) is 0. The van der Waals surface area contributed by atoms with Gasteiger partial charge >= 0.3 is 6.03 Å². The molecule has 0 spiro atoms. The summed E-state index contributed by atoms with van der Waals surface area (Å²) >= 11 is 0. The summed E-state index contributed by atoms with van der Waals surface area (Å²) in [6, 6.07) is 8.08. The molecule has 2 rings (SSSR count). The van der Waals surface area contributed by atoms with Gasteiger partial charge in [0.15, 0.2) is 0 Å². The van der Waals surface area contributed by atoms with Crippen LogP contribution in [0.5, 0.6) is 0 Å². The second-order valence-corrected chi connectivity index (χ2v) is 4.63. The highest BCUT2D eigenvalue weighted by Gasteiger charge is 2.19. The molecule has 4 heteroatoms. The van der Waals surface area contributed by atoms with E-state index >= 15 is 0 Å². The molecule has 0 unspecified atom stereocenters. The first kappa shape index (κ1) is 12.9. The summed E-state index contributed by atoms with van der Waals surface area (Å²) in [5, 5.41) is 5.88. The predicted octanol–water partition coefficient (Wildman–Crippen LogP) is 2.55. The summed E-state index contributed by atoms with van der Waals surface area (Å²) in [4.78, 5) is 11.8. The maximum absolute atomic E-state index is 11.8. The SMILES string of the molecule is COCCc1ccccc1NC(=O)NC1CCC1. The quantitative estimate of drug-likeness (QED) is 0.841. The van der Waals surface area contributed by atoms with Gasteiger partial charge in [0.05, 0.1) is 6.61 Å². The molecule has 0 bridgehead atoms. The summed E-state index contributed by atoms with van der Waals surface area (Å²) in [6.45, 7) is 0.656. The average molecular weight is 248 g/mol. The van der Waals surface area contributed by atoms with Crippen LogP contribution >= 0.6 is 0 Å². The number of hydrogen-bond donors (Lipinski definition) is 2. The molecule has 1 aromatic carbocycles. The van der Waals surface area contributed by atoms with Gasteiger partial charge in [-0.3, -0.25) is 0 Å². The monoisotopic (exact) mass is 248 g/mol. The first-order valence-corrected chi connectivity index (χ1v) is 6.44. The Morgan fingerprint density at radius 2 is 2.17 bits per heavy atom. The minimum atomic E-state index is -0.107. The van der Waals surface area contributed by atoms with Crippen LogP contribution in [-0.4, -0.2) is 25.8 Å². The molecule has 1 aliphatic carbocycles. The van der Waals surface area contributed by atoms with Crippen LogP contribution in [0, 0.1) is 0 Å². The summed E-state index contributed by atoms with van der Waals surface area (Å²) in [6.07, 6.45) is 4.21. The lowest BCUT2D eigenvalue weighted by Crippen LogP contribution is -2.42. The molecule has 1 aliphatic rings. The van der Waals surface area contributed by atoms with Crippen molar-refractivity contribution < 1.29 is 9.53 Å². The lowest BCUT2D eigenvalue weighted by molar-refractivity contribution is 0.202. The molecule has 0 aromatic heterocycles. The van der Waals surface area contributed by atoms with Gasteiger partial charge in [-0.2, -0.15) is 0 Å². The normalized spacial score (nSPS) is 14.9. The van der Waals surface area contributed by atoms with E-state index in [2.05, 4.69) is 10.6 Å². The van der Waals surface area contributed by atoms with Crippen molar-refractivity contribution >= 4 is 11.7 Å². The van der Waals surface area contributed by atoms with Crippen LogP contribution in [0.2, 0.25) is 0 Å². The molecule has 0 atom stereocenters. The number of urea groups is 1. The van der Waals surface area contributed by atoms with Crippen LogP contribution in [0.1, 0.15) is 24.8 Å². The third kappa shape index (κ3) is 3.47. The van der Waals surface area contributed by atoms with Gasteiger partial charge in [-0.05, 0) is 37.3 Å². The van der Waals surface area contributed by atoms with Crippen molar-refractivity contribution in [2.75, 3.05) is 19.0 Å². The van der Waals surface area contributed by atoms with Crippen LogP contribution in [0.4, 0.5) is 10.5 Å². The maximum Gasteiger partial charge on any atom is 0.319 e. The number of amides is 2. The second-order valence-electron chi connectivity index (χ2n) is 4.63. The van der Waals surface area contributed by atoms with Gasteiger partial charge in [0, 0.05) is 18.8 Å². The molecule has 0 heterocycles. The molecular weight excluding hydrogens is 228 g/mol. The van der Waals surface area contributed by atoms with Gasteiger partial charge in [-0.25, -0.2) is 4.79 Å². The van der Waals surface area contributed by atoms with Gasteiger partial charge in [0.25, 0.3) is 0 Å². The number of carbonyl (C=O) groups excluding carboxylic acids is 1. The van der Waals surface area contributed by atoms with E-state index in [1.54, 1.807) is 7.11 Å².